The zero-order valence-electron chi connectivity index (χ0n) is 25.4. The molecule has 1 atom stereocenters. The Balaban J connectivity index is 1.38. The number of urea groups is 1. The van der Waals surface area contributed by atoms with Gasteiger partial charge in [-0.25, -0.2) is 15.0 Å². The van der Waals surface area contributed by atoms with Gasteiger partial charge in [0.05, 0.1) is 43.1 Å². The van der Waals surface area contributed by atoms with Crippen LogP contribution in [0.5, 0.6) is 23.0 Å². The molecule has 3 aromatic carbocycles. The second-order valence-electron chi connectivity index (χ2n) is 9.73. The van der Waals surface area contributed by atoms with Gasteiger partial charge in [0.25, 0.3) is 5.91 Å². The van der Waals surface area contributed by atoms with E-state index >= 15 is 0 Å². The van der Waals surface area contributed by atoms with Crippen LogP contribution in [0.2, 0.25) is 5.02 Å². The van der Waals surface area contributed by atoms with E-state index in [2.05, 4.69) is 37.1 Å². The maximum atomic E-state index is 12.5. The SMILES string of the molecule is CCOc1cc(/C=N\NC(=O)COc2ccc([C@H]3NC(=O)NC(C)=C3C(=O)OC)cc2OC)cc(Br)c1OCc1ccc(Cl)cc1. The number of hydrogen-bond donors (Lipinski definition) is 3. The summed E-state index contributed by atoms with van der Waals surface area (Å²) in [6.07, 6.45) is 1.46. The van der Waals surface area contributed by atoms with Crippen LogP contribution >= 0.6 is 27.5 Å². The van der Waals surface area contributed by atoms with Crippen molar-refractivity contribution in [3.63, 3.8) is 0 Å². The van der Waals surface area contributed by atoms with Crippen molar-refractivity contribution < 1.29 is 38.1 Å². The van der Waals surface area contributed by atoms with Crippen LogP contribution in [0.1, 0.15) is 36.6 Å². The van der Waals surface area contributed by atoms with Crippen LogP contribution in [-0.2, 0) is 20.9 Å². The minimum atomic E-state index is -0.783. The Morgan fingerprint density at radius 1 is 1.02 bits per heavy atom. The highest BCUT2D eigenvalue weighted by molar-refractivity contribution is 9.10. The third-order valence-electron chi connectivity index (χ3n) is 6.59. The first-order chi connectivity index (χ1) is 22.1. The molecule has 0 radical (unpaired) electrons. The number of halogens is 2. The van der Waals surface area contributed by atoms with Gasteiger partial charge in [-0.15, -0.1) is 0 Å². The largest absolute Gasteiger partial charge is 0.493 e. The second-order valence-corrected chi connectivity index (χ2v) is 11.0. The van der Waals surface area contributed by atoms with Crippen molar-refractivity contribution in [3.05, 3.63) is 92.1 Å². The molecule has 14 heteroatoms. The molecule has 1 aliphatic rings. The average molecular weight is 716 g/mol. The van der Waals surface area contributed by atoms with E-state index in [-0.39, 0.29) is 23.7 Å². The molecule has 46 heavy (non-hydrogen) atoms. The van der Waals surface area contributed by atoms with Gasteiger partial charge in [-0.05, 0) is 82.9 Å². The van der Waals surface area contributed by atoms with E-state index in [0.717, 1.165) is 5.56 Å². The van der Waals surface area contributed by atoms with Crippen molar-refractivity contribution in [2.75, 3.05) is 27.4 Å². The zero-order chi connectivity index (χ0) is 33.2. The molecule has 0 saturated carbocycles. The average Bonchev–Trinajstić information content (AvgIpc) is 3.03. The molecule has 0 saturated heterocycles. The molecule has 0 aromatic heterocycles. The number of carbonyl (C=O) groups excluding carboxylic acids is 3. The smallest absolute Gasteiger partial charge is 0.337 e. The Morgan fingerprint density at radius 3 is 2.48 bits per heavy atom. The molecular weight excluding hydrogens is 684 g/mol. The lowest BCUT2D eigenvalue weighted by atomic mass is 9.95. The Hall–Kier alpha value is -4.75. The first-order valence-corrected chi connectivity index (χ1v) is 15.1. The van der Waals surface area contributed by atoms with Crippen molar-refractivity contribution in [3.8, 4) is 23.0 Å². The number of amides is 3. The molecule has 3 aromatic rings. The number of benzene rings is 3. The summed E-state index contributed by atoms with van der Waals surface area (Å²) in [5.74, 6) is 0.478. The highest BCUT2D eigenvalue weighted by Crippen LogP contribution is 2.37. The van der Waals surface area contributed by atoms with E-state index in [9.17, 15) is 14.4 Å². The molecule has 242 valence electrons. The molecule has 0 spiro atoms. The number of nitrogens with zero attached hydrogens (tertiary/aromatic N) is 1. The normalized spacial score (nSPS) is 14.3. The molecule has 0 aliphatic carbocycles. The first kappa shape index (κ1) is 34.1. The van der Waals surface area contributed by atoms with Gasteiger partial charge >= 0.3 is 12.0 Å². The first-order valence-electron chi connectivity index (χ1n) is 14.0. The van der Waals surface area contributed by atoms with Crippen molar-refractivity contribution in [1.29, 1.82) is 0 Å². The summed E-state index contributed by atoms with van der Waals surface area (Å²) in [7, 11) is 2.69. The molecule has 3 amide bonds. The van der Waals surface area contributed by atoms with Crippen LogP contribution in [0.4, 0.5) is 4.79 Å². The van der Waals surface area contributed by atoms with E-state index in [1.165, 1.54) is 20.4 Å². The topological polar surface area (TPSA) is 146 Å². The number of carbonyl (C=O) groups is 3. The fourth-order valence-corrected chi connectivity index (χ4v) is 5.16. The second kappa shape index (κ2) is 16.0. The predicted molar refractivity (Wildman–Crippen MR) is 174 cm³/mol. The lowest BCUT2D eigenvalue weighted by Crippen LogP contribution is -2.45. The minimum absolute atomic E-state index is 0.246. The molecule has 0 unspecified atom stereocenters. The van der Waals surface area contributed by atoms with Crippen molar-refractivity contribution in [2.24, 2.45) is 5.10 Å². The Bertz CT molecular complexity index is 1660. The number of esters is 1. The number of hydrazone groups is 1. The summed E-state index contributed by atoms with van der Waals surface area (Å²) in [4.78, 5) is 37.0. The van der Waals surface area contributed by atoms with Gasteiger partial charge in [-0.1, -0.05) is 29.8 Å². The summed E-state index contributed by atoms with van der Waals surface area (Å²) < 4.78 is 28.4. The molecule has 1 heterocycles. The fourth-order valence-electron chi connectivity index (χ4n) is 4.46. The lowest BCUT2D eigenvalue weighted by Gasteiger charge is -2.28. The van der Waals surface area contributed by atoms with Gasteiger partial charge < -0.3 is 34.3 Å². The standard InChI is InChI=1S/C32H32BrClN4O8/c1-5-44-26-13-20(12-23(33)30(26)46-16-19-6-9-22(34)10-7-19)15-35-38-27(39)17-45-24-11-8-21(14-25(24)42-3)29-28(31(40)43-4)18(2)36-32(41)37-29/h6-15,29H,5,16-17H2,1-4H3,(H,38,39)(H2,36,37,41)/b35-15-/t29-/m1/s1. The fraction of sp³-hybridized carbons (Fsp3) is 0.250. The highest BCUT2D eigenvalue weighted by Gasteiger charge is 2.32. The van der Waals surface area contributed by atoms with E-state index in [0.29, 0.717) is 51.0 Å². The Labute approximate surface area is 279 Å². The van der Waals surface area contributed by atoms with Crippen molar-refractivity contribution in [1.82, 2.24) is 16.1 Å². The molecule has 1 aliphatic heterocycles. The molecule has 4 rings (SSSR count). The van der Waals surface area contributed by atoms with E-state index in [1.807, 2.05) is 19.1 Å². The highest BCUT2D eigenvalue weighted by atomic mass is 79.9. The number of allylic oxidation sites excluding steroid dienone is 1. The number of rotatable bonds is 13. The number of nitrogens with one attached hydrogen (secondary N) is 3. The quantitative estimate of drug-likeness (QED) is 0.121. The summed E-state index contributed by atoms with van der Waals surface area (Å²) in [5, 5.41) is 9.96. The Kier molecular flexibility index (Phi) is 11.9. The van der Waals surface area contributed by atoms with Crippen LogP contribution in [0.15, 0.2) is 75.4 Å². The summed E-state index contributed by atoms with van der Waals surface area (Å²) in [6, 6.07) is 14.5. The summed E-state index contributed by atoms with van der Waals surface area (Å²) >= 11 is 9.50. The number of methoxy groups -OCH3 is 2. The van der Waals surface area contributed by atoms with Gasteiger partial charge in [0.1, 0.15) is 6.61 Å². The minimum Gasteiger partial charge on any atom is -0.493 e. The molecule has 12 nitrogen and oxygen atoms in total. The summed E-state index contributed by atoms with van der Waals surface area (Å²) in [6.45, 7) is 3.83. The molecule has 0 fully saturated rings. The monoisotopic (exact) mass is 714 g/mol. The van der Waals surface area contributed by atoms with Gasteiger partial charge in [0.15, 0.2) is 29.6 Å². The number of ether oxygens (including phenoxy) is 5. The molecule has 3 N–H and O–H groups in total. The molecule has 0 bridgehead atoms. The van der Waals surface area contributed by atoms with Crippen LogP contribution < -0.4 is 35.0 Å². The van der Waals surface area contributed by atoms with Gasteiger partial charge in [-0.3, -0.25) is 4.79 Å². The van der Waals surface area contributed by atoms with Gasteiger partial charge in [0, 0.05) is 10.7 Å². The van der Waals surface area contributed by atoms with Crippen LogP contribution in [0.25, 0.3) is 0 Å². The van der Waals surface area contributed by atoms with Gasteiger partial charge in [-0.2, -0.15) is 5.10 Å². The van der Waals surface area contributed by atoms with Crippen LogP contribution in [0.3, 0.4) is 0 Å². The van der Waals surface area contributed by atoms with Crippen LogP contribution in [-0.4, -0.2) is 51.6 Å². The zero-order valence-corrected chi connectivity index (χ0v) is 27.8. The van der Waals surface area contributed by atoms with Crippen LogP contribution in [0, 0.1) is 0 Å². The number of hydrogen-bond acceptors (Lipinski definition) is 9. The lowest BCUT2D eigenvalue weighted by molar-refractivity contribution is -0.136. The maximum absolute atomic E-state index is 12.5. The predicted octanol–water partition coefficient (Wildman–Crippen LogP) is 5.42. The van der Waals surface area contributed by atoms with E-state index in [4.69, 9.17) is 35.3 Å². The molecular formula is C32H32BrClN4O8. The van der Waals surface area contributed by atoms with E-state index < -0.39 is 23.9 Å². The van der Waals surface area contributed by atoms with Crippen molar-refractivity contribution >= 4 is 51.7 Å². The third-order valence-corrected chi connectivity index (χ3v) is 7.43. The van der Waals surface area contributed by atoms with E-state index in [1.54, 1.807) is 49.4 Å². The van der Waals surface area contributed by atoms with Gasteiger partial charge in [0.2, 0.25) is 0 Å². The third kappa shape index (κ3) is 8.70. The van der Waals surface area contributed by atoms with Crippen molar-refractivity contribution in [2.45, 2.75) is 26.5 Å². The summed E-state index contributed by atoms with van der Waals surface area (Å²) in [5.41, 5.74) is 5.18. The maximum Gasteiger partial charge on any atom is 0.337 e. The Morgan fingerprint density at radius 2 is 1.78 bits per heavy atom.